The van der Waals surface area contributed by atoms with E-state index >= 15 is 0 Å². The van der Waals surface area contributed by atoms with Gasteiger partial charge in [0.05, 0.1) is 5.56 Å². The molecule has 2 rings (SSSR count). The van der Waals surface area contributed by atoms with Gasteiger partial charge in [0.2, 0.25) is 11.6 Å². The van der Waals surface area contributed by atoms with Gasteiger partial charge in [-0.25, -0.2) is 0 Å². The monoisotopic (exact) mass is 223 g/mol. The van der Waals surface area contributed by atoms with Crippen molar-refractivity contribution >= 4 is 23.1 Å². The molecular formula is C8H6ClN5O. The first kappa shape index (κ1) is 9.60. The van der Waals surface area contributed by atoms with Crippen LogP contribution in [-0.4, -0.2) is 26.4 Å². The summed E-state index contributed by atoms with van der Waals surface area (Å²) in [6, 6.07) is 4.62. The number of carbonyl (C=O) groups is 1. The Morgan fingerprint density at radius 2 is 2.27 bits per heavy atom. The average Bonchev–Trinajstić information content (AvgIpc) is 2.74. The molecule has 76 valence electrons. The van der Waals surface area contributed by atoms with Crippen molar-refractivity contribution in [3.05, 3.63) is 34.6 Å². The fourth-order valence-electron chi connectivity index (χ4n) is 1.10. The predicted molar refractivity (Wildman–Crippen MR) is 53.5 cm³/mol. The van der Waals surface area contributed by atoms with Gasteiger partial charge in [-0.05, 0) is 23.4 Å². The van der Waals surface area contributed by atoms with Crippen LogP contribution in [0.4, 0.5) is 5.69 Å². The first-order valence-corrected chi connectivity index (χ1v) is 4.39. The summed E-state index contributed by atoms with van der Waals surface area (Å²) >= 11 is 5.75. The van der Waals surface area contributed by atoms with Crippen LogP contribution in [0.1, 0.15) is 16.2 Å². The summed E-state index contributed by atoms with van der Waals surface area (Å²) in [5.41, 5.74) is 6.23. The lowest BCUT2D eigenvalue weighted by molar-refractivity contribution is 0.103. The fourth-order valence-corrected chi connectivity index (χ4v) is 1.28. The standard InChI is InChI=1S/C8H6ClN5O/c9-4-1-2-6(10)5(3-4)7(15)8-11-13-14-12-8/h1-3H,10H2,(H,11,12,13,14). The van der Waals surface area contributed by atoms with E-state index in [1.807, 2.05) is 0 Å². The van der Waals surface area contributed by atoms with E-state index in [2.05, 4.69) is 20.6 Å². The summed E-state index contributed by atoms with van der Waals surface area (Å²) in [6.45, 7) is 0. The van der Waals surface area contributed by atoms with Crippen molar-refractivity contribution in [2.45, 2.75) is 0 Å². The van der Waals surface area contributed by atoms with E-state index < -0.39 is 5.78 Å². The van der Waals surface area contributed by atoms with Gasteiger partial charge < -0.3 is 5.73 Å². The molecule has 0 saturated heterocycles. The fraction of sp³-hybridized carbons (Fsp3) is 0. The van der Waals surface area contributed by atoms with Gasteiger partial charge >= 0.3 is 0 Å². The number of aromatic nitrogens is 4. The highest BCUT2D eigenvalue weighted by Gasteiger charge is 2.16. The van der Waals surface area contributed by atoms with Crippen molar-refractivity contribution in [2.75, 3.05) is 5.73 Å². The lowest BCUT2D eigenvalue weighted by atomic mass is 10.1. The Kier molecular flexibility index (Phi) is 2.34. The molecule has 1 aromatic carbocycles. The molecule has 0 unspecified atom stereocenters. The van der Waals surface area contributed by atoms with Crippen molar-refractivity contribution < 1.29 is 4.79 Å². The molecule has 0 bridgehead atoms. The Morgan fingerprint density at radius 3 is 2.93 bits per heavy atom. The topological polar surface area (TPSA) is 97.5 Å². The van der Waals surface area contributed by atoms with Crippen LogP contribution in [0, 0.1) is 0 Å². The van der Waals surface area contributed by atoms with Gasteiger partial charge in [-0.3, -0.25) is 4.79 Å². The SMILES string of the molecule is Nc1ccc(Cl)cc1C(=O)c1nn[nH]n1. The Morgan fingerprint density at radius 1 is 1.47 bits per heavy atom. The van der Waals surface area contributed by atoms with Gasteiger partial charge in [-0.2, -0.15) is 5.21 Å². The van der Waals surface area contributed by atoms with Crippen molar-refractivity contribution in [2.24, 2.45) is 0 Å². The molecule has 3 N–H and O–H groups in total. The normalized spacial score (nSPS) is 10.2. The molecule has 0 atom stereocenters. The predicted octanol–water partition coefficient (Wildman–Crippen LogP) is 0.666. The third-order valence-electron chi connectivity index (χ3n) is 1.81. The van der Waals surface area contributed by atoms with Crippen LogP contribution in [0.15, 0.2) is 18.2 Å². The highest BCUT2D eigenvalue weighted by Crippen LogP contribution is 2.19. The van der Waals surface area contributed by atoms with Crippen LogP contribution in [-0.2, 0) is 0 Å². The minimum atomic E-state index is -0.413. The van der Waals surface area contributed by atoms with Crippen LogP contribution in [0.3, 0.4) is 0 Å². The van der Waals surface area contributed by atoms with Gasteiger partial charge in [0.1, 0.15) is 0 Å². The number of hydrogen-bond donors (Lipinski definition) is 2. The summed E-state index contributed by atoms with van der Waals surface area (Å²) in [4.78, 5) is 11.8. The highest BCUT2D eigenvalue weighted by atomic mass is 35.5. The number of nitrogens with one attached hydrogen (secondary N) is 1. The molecule has 7 heteroatoms. The number of ketones is 1. The second-order valence-corrected chi connectivity index (χ2v) is 3.23. The molecular weight excluding hydrogens is 218 g/mol. The van der Waals surface area contributed by atoms with E-state index in [1.165, 1.54) is 6.07 Å². The van der Waals surface area contributed by atoms with Crippen LogP contribution < -0.4 is 5.73 Å². The maximum Gasteiger partial charge on any atom is 0.245 e. The number of anilines is 1. The number of carbonyl (C=O) groups excluding carboxylic acids is 1. The Hall–Kier alpha value is -1.95. The second kappa shape index (κ2) is 3.66. The number of aromatic amines is 1. The quantitative estimate of drug-likeness (QED) is 0.576. The number of benzene rings is 1. The molecule has 0 fully saturated rings. The summed E-state index contributed by atoms with van der Waals surface area (Å²) in [7, 11) is 0. The van der Waals surface area contributed by atoms with Gasteiger partial charge in [0.25, 0.3) is 0 Å². The molecule has 0 radical (unpaired) electrons. The Labute approximate surface area is 89.4 Å². The lowest BCUT2D eigenvalue weighted by Crippen LogP contribution is -2.07. The number of rotatable bonds is 2. The Balaban J connectivity index is 2.46. The van der Waals surface area contributed by atoms with E-state index in [1.54, 1.807) is 12.1 Å². The smallest absolute Gasteiger partial charge is 0.245 e. The minimum absolute atomic E-state index is 0.0380. The van der Waals surface area contributed by atoms with Crippen LogP contribution >= 0.6 is 11.6 Å². The lowest BCUT2D eigenvalue weighted by Gasteiger charge is -2.01. The first-order chi connectivity index (χ1) is 7.18. The molecule has 0 saturated carbocycles. The molecule has 1 heterocycles. The van der Waals surface area contributed by atoms with E-state index in [0.717, 1.165) is 0 Å². The molecule has 0 aliphatic rings. The molecule has 6 nitrogen and oxygen atoms in total. The van der Waals surface area contributed by atoms with Gasteiger partial charge in [-0.1, -0.05) is 11.6 Å². The van der Waals surface area contributed by atoms with Crippen molar-refractivity contribution in [1.82, 2.24) is 20.6 Å². The molecule has 1 aromatic heterocycles. The summed E-state index contributed by atoms with van der Waals surface area (Å²) in [5, 5.41) is 13.0. The second-order valence-electron chi connectivity index (χ2n) is 2.80. The van der Waals surface area contributed by atoms with Crippen molar-refractivity contribution in [3.63, 3.8) is 0 Å². The summed E-state index contributed by atoms with van der Waals surface area (Å²) in [6.07, 6.45) is 0. The van der Waals surface area contributed by atoms with Crippen molar-refractivity contribution in [1.29, 1.82) is 0 Å². The molecule has 15 heavy (non-hydrogen) atoms. The van der Waals surface area contributed by atoms with E-state index in [0.29, 0.717) is 10.7 Å². The third-order valence-corrected chi connectivity index (χ3v) is 2.04. The molecule has 2 aromatic rings. The van der Waals surface area contributed by atoms with Crippen LogP contribution in [0.5, 0.6) is 0 Å². The average molecular weight is 224 g/mol. The number of tetrazole rings is 1. The molecule has 0 aliphatic carbocycles. The Bertz CT molecular complexity index is 496. The zero-order chi connectivity index (χ0) is 10.8. The molecule has 0 amide bonds. The molecule has 0 spiro atoms. The van der Waals surface area contributed by atoms with Crippen molar-refractivity contribution in [3.8, 4) is 0 Å². The summed E-state index contributed by atoms with van der Waals surface area (Å²) < 4.78 is 0. The first-order valence-electron chi connectivity index (χ1n) is 4.01. The van der Waals surface area contributed by atoms with Crippen LogP contribution in [0.25, 0.3) is 0 Å². The zero-order valence-electron chi connectivity index (χ0n) is 7.44. The van der Waals surface area contributed by atoms with Gasteiger partial charge in [0, 0.05) is 10.7 Å². The number of halogens is 1. The minimum Gasteiger partial charge on any atom is -0.398 e. The molecule has 0 aliphatic heterocycles. The van der Waals surface area contributed by atoms with E-state index in [-0.39, 0.29) is 11.4 Å². The zero-order valence-corrected chi connectivity index (χ0v) is 8.19. The maximum atomic E-state index is 11.8. The highest BCUT2D eigenvalue weighted by molar-refractivity contribution is 6.31. The maximum absolute atomic E-state index is 11.8. The third kappa shape index (κ3) is 1.79. The van der Waals surface area contributed by atoms with E-state index in [4.69, 9.17) is 17.3 Å². The number of nitrogens with zero attached hydrogens (tertiary/aromatic N) is 3. The van der Waals surface area contributed by atoms with Gasteiger partial charge in [0.15, 0.2) is 0 Å². The summed E-state index contributed by atoms with van der Waals surface area (Å²) in [5.74, 6) is -0.451. The number of hydrogen-bond acceptors (Lipinski definition) is 5. The van der Waals surface area contributed by atoms with E-state index in [9.17, 15) is 4.79 Å². The number of H-pyrrole nitrogens is 1. The number of nitrogen functional groups attached to an aromatic ring is 1. The van der Waals surface area contributed by atoms with Gasteiger partial charge in [-0.15, -0.1) is 10.2 Å². The largest absolute Gasteiger partial charge is 0.398 e. The number of nitrogens with two attached hydrogens (primary N) is 1. The van der Waals surface area contributed by atoms with Crippen LogP contribution in [0.2, 0.25) is 5.02 Å².